The first-order valence-electron chi connectivity index (χ1n) is 6.81. The Morgan fingerprint density at radius 2 is 2.16 bits per heavy atom. The fraction of sp³-hybridized carbons (Fsp3) is 0.571. The third kappa shape index (κ3) is 4.18. The van der Waals surface area contributed by atoms with Gasteiger partial charge in [-0.1, -0.05) is 24.1 Å². The molecule has 104 valence electrons. The zero-order valence-electron chi connectivity index (χ0n) is 11.2. The van der Waals surface area contributed by atoms with E-state index >= 15 is 0 Å². The molecule has 1 fully saturated rings. The van der Waals surface area contributed by atoms with Crippen molar-refractivity contribution < 1.29 is 4.79 Å². The van der Waals surface area contributed by atoms with Crippen molar-refractivity contribution in [2.24, 2.45) is 0 Å². The molecule has 4 nitrogen and oxygen atoms in total. The Kier molecular flexibility index (Phi) is 5.16. The van der Waals surface area contributed by atoms with E-state index in [0.29, 0.717) is 23.4 Å². The standard InChI is InChI=1S/C14H20ClN3O/c1-11(18-8-3-2-4-9-18)10-16-14(19)12-6-5-7-13(15)17-12/h5-7,11H,2-4,8-10H2,1H3,(H,16,19). The molecular weight excluding hydrogens is 262 g/mol. The summed E-state index contributed by atoms with van der Waals surface area (Å²) in [6, 6.07) is 5.43. The van der Waals surface area contributed by atoms with Gasteiger partial charge in [0.05, 0.1) is 0 Å². The normalized spacial score (nSPS) is 18.0. The summed E-state index contributed by atoms with van der Waals surface area (Å²) in [6.45, 7) is 5.06. The van der Waals surface area contributed by atoms with Gasteiger partial charge in [-0.2, -0.15) is 0 Å². The van der Waals surface area contributed by atoms with Gasteiger partial charge in [0.25, 0.3) is 5.91 Å². The molecule has 1 atom stereocenters. The second kappa shape index (κ2) is 6.87. The largest absolute Gasteiger partial charge is 0.349 e. The predicted molar refractivity (Wildman–Crippen MR) is 76.5 cm³/mol. The summed E-state index contributed by atoms with van der Waals surface area (Å²) in [5, 5.41) is 3.27. The lowest BCUT2D eigenvalue weighted by atomic mass is 10.1. The van der Waals surface area contributed by atoms with Crippen molar-refractivity contribution in [1.29, 1.82) is 0 Å². The van der Waals surface area contributed by atoms with Crippen LogP contribution in [0.2, 0.25) is 5.15 Å². The Morgan fingerprint density at radius 3 is 2.84 bits per heavy atom. The van der Waals surface area contributed by atoms with E-state index in [-0.39, 0.29) is 5.91 Å². The number of halogens is 1. The van der Waals surface area contributed by atoms with E-state index in [9.17, 15) is 4.79 Å². The van der Waals surface area contributed by atoms with Gasteiger partial charge in [0, 0.05) is 12.6 Å². The minimum Gasteiger partial charge on any atom is -0.349 e. The third-order valence-corrected chi connectivity index (χ3v) is 3.73. The van der Waals surface area contributed by atoms with E-state index in [1.165, 1.54) is 19.3 Å². The van der Waals surface area contributed by atoms with E-state index < -0.39 is 0 Å². The van der Waals surface area contributed by atoms with E-state index in [1.54, 1.807) is 18.2 Å². The second-order valence-electron chi connectivity index (χ2n) is 5.00. The van der Waals surface area contributed by atoms with Gasteiger partial charge in [-0.05, 0) is 45.0 Å². The van der Waals surface area contributed by atoms with Gasteiger partial charge in [-0.25, -0.2) is 4.98 Å². The zero-order valence-corrected chi connectivity index (χ0v) is 12.0. The van der Waals surface area contributed by atoms with E-state index in [2.05, 4.69) is 22.1 Å². The zero-order chi connectivity index (χ0) is 13.7. The molecule has 1 N–H and O–H groups in total. The first-order chi connectivity index (χ1) is 9.16. The van der Waals surface area contributed by atoms with Crippen LogP contribution in [-0.4, -0.2) is 41.5 Å². The molecule has 5 heteroatoms. The maximum atomic E-state index is 11.9. The fourth-order valence-corrected chi connectivity index (χ4v) is 2.52. The molecular formula is C14H20ClN3O. The van der Waals surface area contributed by atoms with Gasteiger partial charge in [0.1, 0.15) is 10.8 Å². The molecule has 1 aromatic heterocycles. The molecule has 1 unspecified atom stereocenters. The van der Waals surface area contributed by atoms with Crippen molar-refractivity contribution in [1.82, 2.24) is 15.2 Å². The SMILES string of the molecule is CC(CNC(=O)c1cccc(Cl)n1)N1CCCCC1. The molecule has 1 aliphatic rings. The van der Waals surface area contributed by atoms with Gasteiger partial charge >= 0.3 is 0 Å². The summed E-state index contributed by atoms with van der Waals surface area (Å²) in [5.41, 5.74) is 0.373. The van der Waals surface area contributed by atoms with E-state index in [0.717, 1.165) is 13.1 Å². The molecule has 0 aromatic carbocycles. The van der Waals surface area contributed by atoms with Crippen LogP contribution in [0.15, 0.2) is 18.2 Å². The Hall–Kier alpha value is -1.13. The van der Waals surface area contributed by atoms with Crippen LogP contribution in [0.4, 0.5) is 0 Å². The van der Waals surface area contributed by atoms with Crippen LogP contribution in [0, 0.1) is 0 Å². The highest BCUT2D eigenvalue weighted by atomic mass is 35.5. The molecule has 1 aromatic rings. The molecule has 0 saturated carbocycles. The second-order valence-corrected chi connectivity index (χ2v) is 5.39. The number of nitrogens with one attached hydrogen (secondary N) is 1. The Labute approximate surface area is 119 Å². The highest BCUT2D eigenvalue weighted by Gasteiger charge is 2.17. The summed E-state index contributed by atoms with van der Waals surface area (Å²) in [7, 11) is 0. The lowest BCUT2D eigenvalue weighted by Crippen LogP contribution is -2.44. The van der Waals surface area contributed by atoms with Gasteiger partial charge < -0.3 is 5.32 Å². The quantitative estimate of drug-likeness (QED) is 0.862. The highest BCUT2D eigenvalue weighted by Crippen LogP contribution is 2.11. The van der Waals surface area contributed by atoms with Crippen molar-refractivity contribution in [2.45, 2.75) is 32.2 Å². The molecule has 2 heterocycles. The van der Waals surface area contributed by atoms with Crippen molar-refractivity contribution >= 4 is 17.5 Å². The van der Waals surface area contributed by atoms with Crippen LogP contribution in [0.25, 0.3) is 0 Å². The summed E-state index contributed by atoms with van der Waals surface area (Å²) < 4.78 is 0. The lowest BCUT2D eigenvalue weighted by Gasteiger charge is -2.32. The van der Waals surface area contributed by atoms with Crippen LogP contribution < -0.4 is 5.32 Å². The maximum absolute atomic E-state index is 11.9. The molecule has 19 heavy (non-hydrogen) atoms. The van der Waals surface area contributed by atoms with Crippen molar-refractivity contribution in [3.63, 3.8) is 0 Å². The molecule has 0 spiro atoms. The Morgan fingerprint density at radius 1 is 1.42 bits per heavy atom. The predicted octanol–water partition coefficient (Wildman–Crippen LogP) is 2.34. The highest BCUT2D eigenvalue weighted by molar-refractivity contribution is 6.29. The molecule has 0 radical (unpaired) electrons. The monoisotopic (exact) mass is 281 g/mol. The summed E-state index contributed by atoms with van der Waals surface area (Å²) >= 11 is 5.77. The number of piperidine rings is 1. The summed E-state index contributed by atoms with van der Waals surface area (Å²) in [5.74, 6) is -0.161. The number of aromatic nitrogens is 1. The topological polar surface area (TPSA) is 45.2 Å². The molecule has 2 rings (SSSR count). The van der Waals surface area contributed by atoms with Crippen LogP contribution >= 0.6 is 11.6 Å². The van der Waals surface area contributed by atoms with E-state index in [1.807, 2.05) is 0 Å². The Bertz CT molecular complexity index is 432. The van der Waals surface area contributed by atoms with Crippen LogP contribution in [0.5, 0.6) is 0 Å². The number of carbonyl (C=O) groups is 1. The maximum Gasteiger partial charge on any atom is 0.269 e. The first-order valence-corrected chi connectivity index (χ1v) is 7.19. The number of amides is 1. The summed E-state index contributed by atoms with van der Waals surface area (Å²) in [6.07, 6.45) is 3.84. The van der Waals surface area contributed by atoms with E-state index in [4.69, 9.17) is 11.6 Å². The molecule has 1 aliphatic heterocycles. The van der Waals surface area contributed by atoms with Gasteiger partial charge in [-0.15, -0.1) is 0 Å². The van der Waals surface area contributed by atoms with Crippen LogP contribution in [-0.2, 0) is 0 Å². The summed E-state index contributed by atoms with van der Waals surface area (Å²) in [4.78, 5) is 18.4. The lowest BCUT2D eigenvalue weighted by molar-refractivity contribution is 0.0925. The van der Waals surface area contributed by atoms with Crippen molar-refractivity contribution in [2.75, 3.05) is 19.6 Å². The third-order valence-electron chi connectivity index (χ3n) is 3.52. The number of hydrogen-bond donors (Lipinski definition) is 1. The smallest absolute Gasteiger partial charge is 0.269 e. The van der Waals surface area contributed by atoms with Gasteiger partial charge in [-0.3, -0.25) is 9.69 Å². The molecule has 0 bridgehead atoms. The number of hydrogen-bond acceptors (Lipinski definition) is 3. The van der Waals surface area contributed by atoms with Crippen LogP contribution in [0.1, 0.15) is 36.7 Å². The number of nitrogens with zero attached hydrogens (tertiary/aromatic N) is 2. The molecule has 1 saturated heterocycles. The minimum absolute atomic E-state index is 0.161. The van der Waals surface area contributed by atoms with Crippen molar-refractivity contribution in [3.8, 4) is 0 Å². The first kappa shape index (κ1) is 14.3. The Balaban J connectivity index is 1.82. The average molecular weight is 282 g/mol. The number of pyridine rings is 1. The number of carbonyl (C=O) groups excluding carboxylic acids is 1. The number of rotatable bonds is 4. The number of likely N-dealkylation sites (tertiary alicyclic amines) is 1. The van der Waals surface area contributed by atoms with Crippen LogP contribution in [0.3, 0.4) is 0 Å². The van der Waals surface area contributed by atoms with Gasteiger partial charge in [0.2, 0.25) is 0 Å². The minimum atomic E-state index is -0.161. The fourth-order valence-electron chi connectivity index (χ4n) is 2.35. The van der Waals surface area contributed by atoms with Gasteiger partial charge in [0.15, 0.2) is 0 Å². The van der Waals surface area contributed by atoms with Crippen molar-refractivity contribution in [3.05, 3.63) is 29.0 Å². The molecule has 0 aliphatic carbocycles. The molecule has 1 amide bonds. The average Bonchev–Trinajstić information content (AvgIpc) is 2.45.